The second-order valence-electron chi connectivity index (χ2n) is 7.71. The second kappa shape index (κ2) is 9.71. The Hall–Kier alpha value is -2.12. The Morgan fingerprint density at radius 2 is 1.89 bits per heavy atom. The normalized spacial score (nSPS) is 18.2. The third kappa shape index (κ3) is 7.19. The Labute approximate surface area is 160 Å². The number of carbonyl (C=O) groups excluding carboxylic acids is 2. The van der Waals surface area contributed by atoms with Crippen molar-refractivity contribution in [2.75, 3.05) is 32.8 Å². The highest BCUT2D eigenvalue weighted by Gasteiger charge is 2.32. The van der Waals surface area contributed by atoms with Gasteiger partial charge in [0, 0.05) is 26.2 Å². The molecule has 7 nitrogen and oxygen atoms in total. The largest absolute Gasteiger partial charge is 0.461 e. The van der Waals surface area contributed by atoms with Crippen LogP contribution >= 0.6 is 0 Å². The number of aliphatic hydroxyl groups excluding tert-OH is 1. The summed E-state index contributed by atoms with van der Waals surface area (Å²) in [6, 6.07) is 9.21. The molecule has 1 aromatic rings. The van der Waals surface area contributed by atoms with E-state index in [2.05, 4.69) is 4.90 Å². The van der Waals surface area contributed by atoms with Crippen LogP contribution < -0.4 is 0 Å². The zero-order chi connectivity index (χ0) is 19.9. The standard InChI is InChI=1S/C20H30N2O5/c1-20(2,3)27-19(25)22-12-11-21(13-17(22)14-23)10-9-18(24)26-15-16-7-5-4-6-8-16/h4-8,17,23H,9-15H2,1-3H3/t17-/m0/s1. The van der Waals surface area contributed by atoms with Crippen LogP contribution in [0.25, 0.3) is 0 Å². The summed E-state index contributed by atoms with van der Waals surface area (Å²) in [5.74, 6) is -0.256. The van der Waals surface area contributed by atoms with Gasteiger partial charge in [0.2, 0.25) is 0 Å². The first-order chi connectivity index (χ1) is 12.8. The lowest BCUT2D eigenvalue weighted by molar-refractivity contribution is -0.145. The summed E-state index contributed by atoms with van der Waals surface area (Å²) in [6.45, 7) is 7.69. The van der Waals surface area contributed by atoms with E-state index in [1.165, 1.54) is 0 Å². The molecule has 150 valence electrons. The third-order valence-electron chi connectivity index (χ3n) is 4.28. The highest BCUT2D eigenvalue weighted by atomic mass is 16.6. The van der Waals surface area contributed by atoms with Crippen LogP contribution in [0.4, 0.5) is 4.79 Å². The lowest BCUT2D eigenvalue weighted by Gasteiger charge is -2.40. The number of ether oxygens (including phenoxy) is 2. The predicted octanol–water partition coefficient (Wildman–Crippen LogP) is 2.03. The number of carbonyl (C=O) groups is 2. The zero-order valence-corrected chi connectivity index (χ0v) is 16.4. The zero-order valence-electron chi connectivity index (χ0n) is 16.4. The third-order valence-corrected chi connectivity index (χ3v) is 4.28. The molecule has 0 aromatic heterocycles. The summed E-state index contributed by atoms with van der Waals surface area (Å²) in [5, 5.41) is 9.65. The molecular formula is C20H30N2O5. The van der Waals surface area contributed by atoms with E-state index in [0.29, 0.717) is 26.2 Å². The van der Waals surface area contributed by atoms with Crippen LogP contribution in [0.3, 0.4) is 0 Å². The van der Waals surface area contributed by atoms with Gasteiger partial charge in [0.15, 0.2) is 0 Å². The fraction of sp³-hybridized carbons (Fsp3) is 0.600. The van der Waals surface area contributed by atoms with Gasteiger partial charge in [-0.2, -0.15) is 0 Å². The van der Waals surface area contributed by atoms with E-state index in [-0.39, 0.29) is 31.6 Å². The summed E-state index contributed by atoms with van der Waals surface area (Å²) in [6.07, 6.45) is -0.138. The van der Waals surface area contributed by atoms with Crippen LogP contribution in [0.2, 0.25) is 0 Å². The minimum atomic E-state index is -0.573. The molecule has 0 radical (unpaired) electrons. The van der Waals surface area contributed by atoms with E-state index in [1.807, 2.05) is 51.1 Å². The van der Waals surface area contributed by atoms with Crippen molar-refractivity contribution < 1.29 is 24.2 Å². The highest BCUT2D eigenvalue weighted by Crippen LogP contribution is 2.16. The quantitative estimate of drug-likeness (QED) is 0.763. The summed E-state index contributed by atoms with van der Waals surface area (Å²) in [7, 11) is 0. The fourth-order valence-corrected chi connectivity index (χ4v) is 2.90. The van der Waals surface area contributed by atoms with E-state index < -0.39 is 11.7 Å². The van der Waals surface area contributed by atoms with Crippen LogP contribution in [-0.2, 0) is 20.9 Å². The van der Waals surface area contributed by atoms with E-state index in [9.17, 15) is 14.7 Å². The Bertz CT molecular complexity index is 615. The molecule has 1 aromatic carbocycles. The number of piperazine rings is 1. The van der Waals surface area contributed by atoms with E-state index in [0.717, 1.165) is 5.56 Å². The predicted molar refractivity (Wildman–Crippen MR) is 101 cm³/mol. The minimum absolute atomic E-state index is 0.145. The number of esters is 1. The average molecular weight is 378 g/mol. The first-order valence-corrected chi connectivity index (χ1v) is 9.31. The molecule has 1 aliphatic rings. The summed E-state index contributed by atoms with van der Waals surface area (Å²) >= 11 is 0. The van der Waals surface area contributed by atoms with E-state index in [1.54, 1.807) is 4.90 Å². The van der Waals surface area contributed by atoms with Gasteiger partial charge < -0.3 is 19.5 Å². The van der Waals surface area contributed by atoms with Crippen LogP contribution in [-0.4, -0.2) is 71.4 Å². The maximum Gasteiger partial charge on any atom is 0.410 e. The molecule has 1 heterocycles. The van der Waals surface area contributed by atoms with Gasteiger partial charge in [-0.15, -0.1) is 0 Å². The molecule has 1 atom stereocenters. The number of nitrogens with zero attached hydrogens (tertiary/aromatic N) is 2. The lowest BCUT2D eigenvalue weighted by atomic mass is 10.1. The maximum absolute atomic E-state index is 12.3. The number of rotatable bonds is 6. The molecule has 0 aliphatic carbocycles. The molecule has 1 amide bonds. The van der Waals surface area contributed by atoms with Crippen molar-refractivity contribution in [3.8, 4) is 0 Å². The van der Waals surface area contributed by atoms with Crippen molar-refractivity contribution in [3.63, 3.8) is 0 Å². The van der Waals surface area contributed by atoms with Crippen molar-refractivity contribution in [2.45, 2.75) is 45.4 Å². The monoisotopic (exact) mass is 378 g/mol. The summed E-state index contributed by atoms with van der Waals surface area (Å²) in [4.78, 5) is 27.9. The summed E-state index contributed by atoms with van der Waals surface area (Å²) in [5.41, 5.74) is 0.383. The van der Waals surface area contributed by atoms with Crippen LogP contribution in [0.15, 0.2) is 30.3 Å². The SMILES string of the molecule is CC(C)(C)OC(=O)N1CCN(CCC(=O)OCc2ccccc2)C[C@H]1CO. The van der Waals surface area contributed by atoms with Gasteiger partial charge in [0.25, 0.3) is 0 Å². The summed E-state index contributed by atoms with van der Waals surface area (Å²) < 4.78 is 10.7. The van der Waals surface area contributed by atoms with Gasteiger partial charge in [-0.05, 0) is 26.3 Å². The van der Waals surface area contributed by atoms with Gasteiger partial charge in [-0.3, -0.25) is 9.69 Å². The van der Waals surface area contributed by atoms with E-state index in [4.69, 9.17) is 9.47 Å². The number of hydrogen-bond acceptors (Lipinski definition) is 6. The van der Waals surface area contributed by atoms with Gasteiger partial charge in [0.1, 0.15) is 12.2 Å². The van der Waals surface area contributed by atoms with Crippen LogP contribution in [0.1, 0.15) is 32.8 Å². The van der Waals surface area contributed by atoms with Gasteiger partial charge >= 0.3 is 12.1 Å². The van der Waals surface area contributed by atoms with Gasteiger partial charge in [-0.25, -0.2) is 4.79 Å². The Balaban J connectivity index is 1.75. The number of amides is 1. The highest BCUT2D eigenvalue weighted by molar-refractivity contribution is 5.70. The molecule has 1 aliphatic heterocycles. The van der Waals surface area contributed by atoms with Gasteiger partial charge in [0.05, 0.1) is 19.1 Å². The molecule has 0 bridgehead atoms. The smallest absolute Gasteiger partial charge is 0.410 e. The van der Waals surface area contributed by atoms with E-state index >= 15 is 0 Å². The fourth-order valence-electron chi connectivity index (χ4n) is 2.90. The maximum atomic E-state index is 12.3. The van der Waals surface area contributed by atoms with Gasteiger partial charge in [-0.1, -0.05) is 30.3 Å². The van der Waals surface area contributed by atoms with Crippen molar-refractivity contribution in [2.24, 2.45) is 0 Å². The van der Waals surface area contributed by atoms with Crippen molar-refractivity contribution in [3.05, 3.63) is 35.9 Å². The average Bonchev–Trinajstić information content (AvgIpc) is 2.63. The number of hydrogen-bond donors (Lipinski definition) is 1. The first-order valence-electron chi connectivity index (χ1n) is 9.31. The first kappa shape index (κ1) is 21.2. The number of aliphatic hydroxyl groups is 1. The number of benzene rings is 1. The molecule has 7 heteroatoms. The Morgan fingerprint density at radius 3 is 2.52 bits per heavy atom. The second-order valence-corrected chi connectivity index (χ2v) is 7.71. The molecule has 0 unspecified atom stereocenters. The molecule has 1 N–H and O–H groups in total. The molecule has 2 rings (SSSR count). The van der Waals surface area contributed by atoms with Crippen molar-refractivity contribution >= 4 is 12.1 Å². The molecule has 1 fully saturated rings. The Morgan fingerprint density at radius 1 is 1.19 bits per heavy atom. The van der Waals surface area contributed by atoms with Crippen molar-refractivity contribution in [1.29, 1.82) is 0 Å². The van der Waals surface area contributed by atoms with Crippen LogP contribution in [0.5, 0.6) is 0 Å². The minimum Gasteiger partial charge on any atom is -0.461 e. The van der Waals surface area contributed by atoms with Crippen LogP contribution in [0, 0.1) is 0 Å². The van der Waals surface area contributed by atoms with Crippen molar-refractivity contribution in [1.82, 2.24) is 9.80 Å². The molecule has 0 saturated carbocycles. The molecule has 0 spiro atoms. The molecule has 1 saturated heterocycles. The molecular weight excluding hydrogens is 348 g/mol. The molecule has 27 heavy (non-hydrogen) atoms. The lowest BCUT2D eigenvalue weighted by Crippen LogP contribution is -2.57. The topological polar surface area (TPSA) is 79.3 Å². The Kier molecular flexibility index (Phi) is 7.62.